The topological polar surface area (TPSA) is 64.3 Å². The summed E-state index contributed by atoms with van der Waals surface area (Å²) in [6.45, 7) is 1.20. The van der Waals surface area contributed by atoms with Crippen molar-refractivity contribution in [2.24, 2.45) is 17.6 Å². The highest BCUT2D eigenvalue weighted by molar-refractivity contribution is 5.79. The molecule has 116 valence electrons. The van der Waals surface area contributed by atoms with E-state index in [4.69, 9.17) is 10.5 Å². The molecule has 1 fully saturated rings. The number of benzene rings is 1. The van der Waals surface area contributed by atoms with Gasteiger partial charge in [-0.15, -0.1) is 0 Å². The second-order valence-electron chi connectivity index (χ2n) is 5.61. The number of carbonyl (C=O) groups excluding carboxylic acids is 1. The first-order valence-electron chi connectivity index (χ1n) is 7.39. The lowest BCUT2D eigenvalue weighted by atomic mass is 9.95. The van der Waals surface area contributed by atoms with E-state index in [0.29, 0.717) is 24.6 Å². The predicted octanol–water partition coefficient (Wildman–Crippen LogP) is 1.96. The number of hydrogen-bond acceptors (Lipinski definition) is 3. The van der Waals surface area contributed by atoms with Crippen LogP contribution < -0.4 is 11.1 Å². The highest BCUT2D eigenvalue weighted by Gasteiger charge is 2.31. The summed E-state index contributed by atoms with van der Waals surface area (Å²) in [5, 5.41) is 2.94. The summed E-state index contributed by atoms with van der Waals surface area (Å²) in [7, 11) is 1.53. The van der Waals surface area contributed by atoms with E-state index >= 15 is 0 Å². The van der Waals surface area contributed by atoms with Crippen LogP contribution in [-0.2, 0) is 22.7 Å². The molecule has 1 saturated carbocycles. The Labute approximate surface area is 124 Å². The third kappa shape index (κ3) is 4.02. The van der Waals surface area contributed by atoms with Crippen molar-refractivity contribution in [2.45, 2.75) is 32.4 Å². The summed E-state index contributed by atoms with van der Waals surface area (Å²) in [5.41, 5.74) is 7.08. The molecule has 1 aliphatic rings. The zero-order valence-electron chi connectivity index (χ0n) is 12.4. The first kappa shape index (κ1) is 15.9. The number of nitrogens with one attached hydrogen (secondary N) is 1. The third-order valence-electron chi connectivity index (χ3n) is 4.18. The molecule has 4 nitrogen and oxygen atoms in total. The number of ether oxygens (including phenoxy) is 1. The van der Waals surface area contributed by atoms with Crippen LogP contribution in [0.15, 0.2) is 18.2 Å². The van der Waals surface area contributed by atoms with E-state index in [-0.39, 0.29) is 24.2 Å². The van der Waals surface area contributed by atoms with Gasteiger partial charge in [-0.1, -0.05) is 12.5 Å². The molecule has 0 radical (unpaired) electrons. The van der Waals surface area contributed by atoms with Gasteiger partial charge in [-0.25, -0.2) is 4.39 Å². The summed E-state index contributed by atoms with van der Waals surface area (Å²) in [5.74, 6) is 0.0858. The zero-order chi connectivity index (χ0) is 15.2. The SMILES string of the molecule is COCc1cc(CNC(=O)[C@@H]2CCC[C@@H]2CN)ccc1F. The molecule has 0 spiro atoms. The molecular formula is C16H23FN2O2. The van der Waals surface area contributed by atoms with E-state index in [9.17, 15) is 9.18 Å². The minimum Gasteiger partial charge on any atom is -0.380 e. The fourth-order valence-corrected chi connectivity index (χ4v) is 2.99. The lowest BCUT2D eigenvalue weighted by Gasteiger charge is -2.17. The van der Waals surface area contributed by atoms with Crippen LogP contribution >= 0.6 is 0 Å². The van der Waals surface area contributed by atoms with Crippen LogP contribution in [0.25, 0.3) is 0 Å². The predicted molar refractivity (Wildman–Crippen MR) is 78.8 cm³/mol. The van der Waals surface area contributed by atoms with Crippen LogP contribution in [0.1, 0.15) is 30.4 Å². The first-order valence-corrected chi connectivity index (χ1v) is 7.39. The maximum absolute atomic E-state index is 13.5. The van der Waals surface area contributed by atoms with Crippen LogP contribution in [0, 0.1) is 17.7 Å². The van der Waals surface area contributed by atoms with Gasteiger partial charge in [0.25, 0.3) is 0 Å². The van der Waals surface area contributed by atoms with Gasteiger partial charge in [0.05, 0.1) is 6.61 Å². The van der Waals surface area contributed by atoms with Crippen molar-refractivity contribution in [2.75, 3.05) is 13.7 Å². The Hall–Kier alpha value is -1.46. The van der Waals surface area contributed by atoms with Gasteiger partial charge in [-0.05, 0) is 43.0 Å². The van der Waals surface area contributed by atoms with Crippen LogP contribution in [0.2, 0.25) is 0 Å². The molecule has 0 heterocycles. The molecule has 2 atom stereocenters. The Bertz CT molecular complexity index is 493. The maximum Gasteiger partial charge on any atom is 0.223 e. The molecule has 0 aromatic heterocycles. The quantitative estimate of drug-likeness (QED) is 0.843. The summed E-state index contributed by atoms with van der Waals surface area (Å²) in [6.07, 6.45) is 3.00. The summed E-state index contributed by atoms with van der Waals surface area (Å²) in [4.78, 5) is 12.2. The summed E-state index contributed by atoms with van der Waals surface area (Å²) >= 11 is 0. The van der Waals surface area contributed by atoms with Gasteiger partial charge in [-0.2, -0.15) is 0 Å². The molecule has 0 aliphatic heterocycles. The average molecular weight is 294 g/mol. The van der Waals surface area contributed by atoms with Crippen LogP contribution in [0.3, 0.4) is 0 Å². The highest BCUT2D eigenvalue weighted by Crippen LogP contribution is 2.31. The minimum absolute atomic E-state index is 0.0221. The molecule has 0 bridgehead atoms. The van der Waals surface area contributed by atoms with Gasteiger partial charge >= 0.3 is 0 Å². The largest absolute Gasteiger partial charge is 0.380 e. The second-order valence-corrected chi connectivity index (χ2v) is 5.61. The normalized spacial score (nSPS) is 21.5. The number of carbonyl (C=O) groups is 1. The van der Waals surface area contributed by atoms with Gasteiger partial charge in [0.15, 0.2) is 0 Å². The van der Waals surface area contributed by atoms with E-state index in [1.54, 1.807) is 12.1 Å². The molecule has 0 unspecified atom stereocenters. The molecule has 3 N–H and O–H groups in total. The lowest BCUT2D eigenvalue weighted by Crippen LogP contribution is -2.34. The van der Waals surface area contributed by atoms with E-state index in [1.165, 1.54) is 13.2 Å². The Morgan fingerprint density at radius 2 is 2.29 bits per heavy atom. The van der Waals surface area contributed by atoms with Crippen LogP contribution in [0.4, 0.5) is 4.39 Å². The minimum atomic E-state index is -0.286. The Balaban J connectivity index is 1.93. The maximum atomic E-state index is 13.5. The van der Waals surface area contributed by atoms with Crippen molar-refractivity contribution in [3.05, 3.63) is 35.1 Å². The second kappa shape index (κ2) is 7.52. The Kier molecular flexibility index (Phi) is 5.70. The number of rotatable bonds is 6. The lowest BCUT2D eigenvalue weighted by molar-refractivity contribution is -0.126. The fourth-order valence-electron chi connectivity index (χ4n) is 2.99. The van der Waals surface area contributed by atoms with Crippen molar-refractivity contribution >= 4 is 5.91 Å². The summed E-state index contributed by atoms with van der Waals surface area (Å²) < 4.78 is 18.5. The number of nitrogens with two attached hydrogens (primary N) is 1. The average Bonchev–Trinajstić information content (AvgIpc) is 2.96. The fraction of sp³-hybridized carbons (Fsp3) is 0.562. The van der Waals surface area contributed by atoms with Gasteiger partial charge in [0, 0.05) is 25.1 Å². The van der Waals surface area contributed by atoms with Gasteiger partial charge < -0.3 is 15.8 Å². The molecule has 0 saturated heterocycles. The smallest absolute Gasteiger partial charge is 0.223 e. The first-order chi connectivity index (χ1) is 10.2. The molecular weight excluding hydrogens is 271 g/mol. The van der Waals surface area contributed by atoms with Crippen molar-refractivity contribution < 1.29 is 13.9 Å². The molecule has 2 rings (SSSR count). The van der Waals surface area contributed by atoms with E-state index in [1.807, 2.05) is 0 Å². The molecule has 1 aromatic rings. The molecule has 1 amide bonds. The molecule has 5 heteroatoms. The van der Waals surface area contributed by atoms with E-state index in [0.717, 1.165) is 24.8 Å². The molecule has 21 heavy (non-hydrogen) atoms. The number of methoxy groups -OCH3 is 1. The van der Waals surface area contributed by atoms with Crippen molar-refractivity contribution in [3.8, 4) is 0 Å². The van der Waals surface area contributed by atoms with Gasteiger partial charge in [-0.3, -0.25) is 4.79 Å². The Morgan fingerprint density at radius 1 is 1.48 bits per heavy atom. The van der Waals surface area contributed by atoms with Gasteiger partial charge in [0.2, 0.25) is 5.91 Å². The van der Waals surface area contributed by atoms with Crippen molar-refractivity contribution in [1.29, 1.82) is 0 Å². The van der Waals surface area contributed by atoms with Crippen LogP contribution in [0.5, 0.6) is 0 Å². The number of halogens is 1. The number of hydrogen-bond donors (Lipinski definition) is 2. The number of amides is 1. The van der Waals surface area contributed by atoms with E-state index in [2.05, 4.69) is 5.32 Å². The Morgan fingerprint density at radius 3 is 3.00 bits per heavy atom. The standard InChI is InChI=1S/C16H23FN2O2/c1-21-10-13-7-11(5-6-15(13)17)9-19-16(20)14-4-2-3-12(14)8-18/h5-7,12,14H,2-4,8-10,18H2,1H3,(H,19,20)/t12-,14-/m1/s1. The van der Waals surface area contributed by atoms with Gasteiger partial charge in [0.1, 0.15) is 5.82 Å². The van der Waals surface area contributed by atoms with Crippen molar-refractivity contribution in [1.82, 2.24) is 5.32 Å². The van der Waals surface area contributed by atoms with E-state index < -0.39 is 0 Å². The summed E-state index contributed by atoms with van der Waals surface area (Å²) in [6, 6.07) is 4.83. The van der Waals surface area contributed by atoms with Crippen molar-refractivity contribution in [3.63, 3.8) is 0 Å². The highest BCUT2D eigenvalue weighted by atomic mass is 19.1. The third-order valence-corrected chi connectivity index (χ3v) is 4.18. The molecule has 1 aliphatic carbocycles. The monoisotopic (exact) mass is 294 g/mol. The van der Waals surface area contributed by atoms with Crippen LogP contribution in [-0.4, -0.2) is 19.6 Å². The zero-order valence-corrected chi connectivity index (χ0v) is 12.4. The molecule has 1 aromatic carbocycles.